The minimum atomic E-state index is -0.264. The van der Waals surface area contributed by atoms with E-state index in [-0.39, 0.29) is 11.9 Å². The number of nitrogens with one attached hydrogen (secondary N) is 1. The van der Waals surface area contributed by atoms with E-state index in [4.69, 9.17) is 16.3 Å². The lowest BCUT2D eigenvalue weighted by molar-refractivity contribution is 0.401. The topological polar surface area (TPSA) is 21.3 Å². The molecule has 2 nitrogen and oxygen atoms in total. The van der Waals surface area contributed by atoms with Gasteiger partial charge in [-0.1, -0.05) is 17.7 Å². The molecule has 0 aliphatic heterocycles. The van der Waals surface area contributed by atoms with Crippen LogP contribution in [0, 0.1) is 5.82 Å². The van der Waals surface area contributed by atoms with Crippen LogP contribution in [0.25, 0.3) is 0 Å². The molecule has 1 unspecified atom stereocenters. The van der Waals surface area contributed by atoms with Crippen molar-refractivity contribution in [2.24, 2.45) is 0 Å². The number of likely N-dealkylation sites (N-methyl/N-ethyl adjacent to an activating group) is 1. The monoisotopic (exact) mass is 371 g/mol. The van der Waals surface area contributed by atoms with Gasteiger partial charge in [-0.25, -0.2) is 4.39 Å². The third kappa shape index (κ3) is 3.96. The summed E-state index contributed by atoms with van der Waals surface area (Å²) in [6.45, 7) is 0. The summed E-state index contributed by atoms with van der Waals surface area (Å²) in [7, 11) is 3.51. The van der Waals surface area contributed by atoms with Gasteiger partial charge in [-0.15, -0.1) is 0 Å². The summed E-state index contributed by atoms with van der Waals surface area (Å²) < 4.78 is 19.2. The molecule has 0 aliphatic rings. The maximum atomic E-state index is 13.3. The average Bonchev–Trinajstić information content (AvgIpc) is 2.48. The van der Waals surface area contributed by atoms with E-state index in [0.29, 0.717) is 15.9 Å². The molecule has 2 aromatic carbocycles. The Labute approximate surface area is 137 Å². The molecule has 1 atom stereocenters. The Morgan fingerprint density at radius 1 is 1.29 bits per heavy atom. The minimum absolute atomic E-state index is 0.0241. The Hall–Kier alpha value is -1.10. The molecule has 5 heteroatoms. The van der Waals surface area contributed by atoms with Crippen molar-refractivity contribution in [1.82, 2.24) is 5.32 Å². The molecule has 0 aliphatic carbocycles. The second-order valence-corrected chi connectivity index (χ2v) is 5.97. The summed E-state index contributed by atoms with van der Waals surface area (Å²) in [5.41, 5.74) is 2.00. The fourth-order valence-electron chi connectivity index (χ4n) is 2.25. The molecule has 0 aromatic heterocycles. The number of benzene rings is 2. The zero-order valence-electron chi connectivity index (χ0n) is 11.8. The van der Waals surface area contributed by atoms with Crippen LogP contribution < -0.4 is 10.1 Å². The van der Waals surface area contributed by atoms with Gasteiger partial charge in [0.1, 0.15) is 11.6 Å². The maximum Gasteiger partial charge on any atom is 0.137 e. The zero-order chi connectivity index (χ0) is 15.4. The third-order valence-electron chi connectivity index (χ3n) is 3.34. The lowest BCUT2D eigenvalue weighted by atomic mass is 9.98. The molecule has 21 heavy (non-hydrogen) atoms. The van der Waals surface area contributed by atoms with Gasteiger partial charge in [0, 0.05) is 16.6 Å². The summed E-state index contributed by atoms with van der Waals surface area (Å²) in [5, 5.41) is 3.91. The van der Waals surface area contributed by atoms with Crippen molar-refractivity contribution < 1.29 is 9.13 Å². The number of halogens is 3. The van der Waals surface area contributed by atoms with E-state index in [2.05, 4.69) is 21.2 Å². The first-order valence-electron chi connectivity index (χ1n) is 6.49. The van der Waals surface area contributed by atoms with Gasteiger partial charge in [0.2, 0.25) is 0 Å². The standard InChI is InChI=1S/C16H16BrClFNO/c1-20-15(8-10-3-5-14(19)13(17)7-10)12-9-11(18)4-6-16(12)21-2/h3-7,9,15,20H,8H2,1-2H3. The molecule has 0 saturated carbocycles. The number of rotatable bonds is 5. The van der Waals surface area contributed by atoms with E-state index < -0.39 is 0 Å². The highest BCUT2D eigenvalue weighted by Crippen LogP contribution is 2.31. The van der Waals surface area contributed by atoms with Gasteiger partial charge >= 0.3 is 0 Å². The fraction of sp³-hybridized carbons (Fsp3) is 0.250. The smallest absolute Gasteiger partial charge is 0.137 e. The number of ether oxygens (including phenoxy) is 1. The molecule has 0 saturated heterocycles. The molecule has 0 fully saturated rings. The number of methoxy groups -OCH3 is 1. The summed E-state index contributed by atoms with van der Waals surface area (Å²) in [6, 6.07) is 10.6. The molecule has 0 bridgehead atoms. The first-order valence-corrected chi connectivity index (χ1v) is 7.67. The number of hydrogen-bond acceptors (Lipinski definition) is 2. The van der Waals surface area contributed by atoms with Crippen LogP contribution in [0.1, 0.15) is 17.2 Å². The molecule has 112 valence electrons. The highest BCUT2D eigenvalue weighted by Gasteiger charge is 2.16. The van der Waals surface area contributed by atoms with E-state index in [0.717, 1.165) is 16.9 Å². The summed E-state index contributed by atoms with van der Waals surface area (Å²) in [5.74, 6) is 0.514. The molecule has 2 aromatic rings. The molecule has 0 heterocycles. The highest BCUT2D eigenvalue weighted by molar-refractivity contribution is 9.10. The third-order valence-corrected chi connectivity index (χ3v) is 4.18. The average molecular weight is 373 g/mol. The van der Waals surface area contributed by atoms with Crippen LogP contribution in [0.15, 0.2) is 40.9 Å². The van der Waals surface area contributed by atoms with E-state index in [1.54, 1.807) is 25.3 Å². The lowest BCUT2D eigenvalue weighted by Crippen LogP contribution is -2.19. The highest BCUT2D eigenvalue weighted by atomic mass is 79.9. The van der Waals surface area contributed by atoms with Crippen LogP contribution in [0.2, 0.25) is 5.02 Å². The predicted octanol–water partition coefficient (Wildman–Crippen LogP) is 4.75. The van der Waals surface area contributed by atoms with Crippen molar-refractivity contribution in [3.05, 3.63) is 62.8 Å². The summed E-state index contributed by atoms with van der Waals surface area (Å²) in [4.78, 5) is 0. The Kier molecular flexibility index (Phi) is 5.62. The van der Waals surface area contributed by atoms with Crippen molar-refractivity contribution in [2.45, 2.75) is 12.5 Å². The van der Waals surface area contributed by atoms with Gasteiger partial charge in [0.05, 0.1) is 11.6 Å². The van der Waals surface area contributed by atoms with Gasteiger partial charge in [-0.05, 0) is 65.3 Å². The molecular formula is C16H16BrClFNO. The van der Waals surface area contributed by atoms with Crippen LogP contribution in [0.4, 0.5) is 4.39 Å². The fourth-order valence-corrected chi connectivity index (χ4v) is 2.85. The van der Waals surface area contributed by atoms with E-state index >= 15 is 0 Å². The van der Waals surface area contributed by atoms with Crippen LogP contribution in [-0.4, -0.2) is 14.2 Å². The lowest BCUT2D eigenvalue weighted by Gasteiger charge is -2.20. The predicted molar refractivity (Wildman–Crippen MR) is 87.6 cm³/mol. The van der Waals surface area contributed by atoms with Gasteiger partial charge in [0.25, 0.3) is 0 Å². The van der Waals surface area contributed by atoms with Gasteiger partial charge < -0.3 is 10.1 Å². The Bertz CT molecular complexity index is 636. The van der Waals surface area contributed by atoms with Crippen molar-refractivity contribution >= 4 is 27.5 Å². The SMILES string of the molecule is CNC(Cc1ccc(F)c(Br)c1)c1cc(Cl)ccc1OC. The van der Waals surface area contributed by atoms with E-state index in [1.807, 2.05) is 19.2 Å². The van der Waals surface area contributed by atoms with Crippen LogP contribution in [-0.2, 0) is 6.42 Å². The molecular weight excluding hydrogens is 357 g/mol. The zero-order valence-corrected chi connectivity index (χ0v) is 14.1. The van der Waals surface area contributed by atoms with Crippen molar-refractivity contribution in [1.29, 1.82) is 0 Å². The molecule has 0 radical (unpaired) electrons. The van der Waals surface area contributed by atoms with E-state index in [1.165, 1.54) is 6.07 Å². The second-order valence-electron chi connectivity index (χ2n) is 4.68. The molecule has 0 amide bonds. The Morgan fingerprint density at radius 3 is 2.67 bits per heavy atom. The van der Waals surface area contributed by atoms with E-state index in [9.17, 15) is 4.39 Å². The molecule has 1 N–H and O–H groups in total. The van der Waals surface area contributed by atoms with Gasteiger partial charge in [-0.2, -0.15) is 0 Å². The van der Waals surface area contributed by atoms with Crippen molar-refractivity contribution in [3.8, 4) is 5.75 Å². The number of hydrogen-bond donors (Lipinski definition) is 1. The normalized spacial score (nSPS) is 12.2. The largest absolute Gasteiger partial charge is 0.496 e. The minimum Gasteiger partial charge on any atom is -0.496 e. The van der Waals surface area contributed by atoms with Crippen LogP contribution in [0.5, 0.6) is 5.75 Å². The van der Waals surface area contributed by atoms with Crippen molar-refractivity contribution in [2.75, 3.05) is 14.2 Å². The second kappa shape index (κ2) is 7.25. The quantitative estimate of drug-likeness (QED) is 0.817. The summed E-state index contributed by atoms with van der Waals surface area (Å²) in [6.07, 6.45) is 0.700. The summed E-state index contributed by atoms with van der Waals surface area (Å²) >= 11 is 9.30. The van der Waals surface area contributed by atoms with Crippen LogP contribution >= 0.6 is 27.5 Å². The van der Waals surface area contributed by atoms with Gasteiger partial charge in [0.15, 0.2) is 0 Å². The molecule has 0 spiro atoms. The Balaban J connectivity index is 2.31. The Morgan fingerprint density at radius 2 is 2.05 bits per heavy atom. The maximum absolute atomic E-state index is 13.3. The van der Waals surface area contributed by atoms with Gasteiger partial charge in [-0.3, -0.25) is 0 Å². The van der Waals surface area contributed by atoms with Crippen LogP contribution in [0.3, 0.4) is 0 Å². The first-order chi connectivity index (χ1) is 10.0. The first kappa shape index (κ1) is 16.3. The van der Waals surface area contributed by atoms with Crippen molar-refractivity contribution in [3.63, 3.8) is 0 Å². The molecule has 2 rings (SSSR count).